The molecule has 2 unspecified atom stereocenters. The normalized spacial score (nSPS) is 25.1. The number of halogens is 1. The van der Waals surface area contributed by atoms with E-state index in [2.05, 4.69) is 0 Å². The molecule has 0 aromatic heterocycles. The number of benzene rings is 1. The minimum atomic E-state index is -1.19. The largest absolute Gasteiger partial charge is 0.593 e. The van der Waals surface area contributed by atoms with Crippen LogP contribution >= 0.6 is 0 Å². The first kappa shape index (κ1) is 9.96. The fourth-order valence-corrected chi connectivity index (χ4v) is 2.78. The molecule has 4 heteroatoms. The molecule has 0 aliphatic carbocycles. The molecule has 0 bridgehead atoms. The molecule has 2 rings (SSSR count). The zero-order chi connectivity index (χ0) is 9.97. The molecule has 0 radical (unpaired) electrons. The van der Waals surface area contributed by atoms with Crippen molar-refractivity contribution in [1.29, 1.82) is 0 Å². The van der Waals surface area contributed by atoms with Crippen molar-refractivity contribution >= 4 is 11.4 Å². The van der Waals surface area contributed by atoms with Gasteiger partial charge in [0, 0.05) is 6.54 Å². The highest BCUT2D eigenvalue weighted by Crippen LogP contribution is 2.21. The van der Waals surface area contributed by atoms with Crippen LogP contribution in [0.4, 0.5) is 4.39 Å². The molecule has 0 spiro atoms. The molecule has 2 nitrogen and oxygen atoms in total. The summed E-state index contributed by atoms with van der Waals surface area (Å²) in [6.45, 7) is 0.879. The summed E-state index contributed by atoms with van der Waals surface area (Å²) in [5.41, 5.74) is 0. The van der Waals surface area contributed by atoms with E-state index in [1.807, 2.05) is 30.3 Å². The molecule has 2 atom stereocenters. The number of rotatable bonds is 2. The fourth-order valence-electron chi connectivity index (χ4n) is 1.52. The van der Waals surface area contributed by atoms with E-state index in [1.54, 1.807) is 4.31 Å². The zero-order valence-corrected chi connectivity index (χ0v) is 8.54. The highest BCUT2D eigenvalue weighted by Gasteiger charge is 2.31. The standard InChI is InChI=1S/C10H12FNOS/c11-9-6-7-12(8-9)14(13)10-4-2-1-3-5-10/h1-5,9H,6-8H2. The van der Waals surface area contributed by atoms with Crippen molar-refractivity contribution in [3.63, 3.8) is 0 Å². The SMILES string of the molecule is [O-][S+](c1ccccc1)N1CCC(F)C1. The number of alkyl halides is 1. The molecular weight excluding hydrogens is 201 g/mol. The van der Waals surface area contributed by atoms with E-state index in [9.17, 15) is 8.94 Å². The Morgan fingerprint density at radius 2 is 2.07 bits per heavy atom. The highest BCUT2D eigenvalue weighted by molar-refractivity contribution is 7.89. The van der Waals surface area contributed by atoms with E-state index in [0.717, 1.165) is 4.90 Å². The van der Waals surface area contributed by atoms with Gasteiger partial charge in [0.05, 0.1) is 17.9 Å². The molecule has 1 saturated heterocycles. The third-order valence-corrected chi connectivity index (χ3v) is 3.75. The summed E-state index contributed by atoms with van der Waals surface area (Å²) in [6.07, 6.45) is -0.318. The van der Waals surface area contributed by atoms with E-state index < -0.39 is 17.5 Å². The van der Waals surface area contributed by atoms with Crippen LogP contribution in [0.3, 0.4) is 0 Å². The Kier molecular flexibility index (Phi) is 3.05. The molecule has 1 aliphatic rings. The summed E-state index contributed by atoms with van der Waals surface area (Å²) in [5, 5.41) is 0. The highest BCUT2D eigenvalue weighted by atomic mass is 32.2. The lowest BCUT2D eigenvalue weighted by Gasteiger charge is -2.18. The van der Waals surface area contributed by atoms with Crippen molar-refractivity contribution in [2.24, 2.45) is 0 Å². The van der Waals surface area contributed by atoms with Crippen molar-refractivity contribution in [3.05, 3.63) is 30.3 Å². The topological polar surface area (TPSA) is 26.3 Å². The Labute approximate surface area is 86.0 Å². The fraction of sp³-hybridized carbons (Fsp3) is 0.400. The number of hydrogen-bond acceptors (Lipinski definition) is 2. The molecule has 1 fully saturated rings. The van der Waals surface area contributed by atoms with Crippen LogP contribution in [0, 0.1) is 0 Å². The van der Waals surface area contributed by atoms with Crippen molar-refractivity contribution in [2.45, 2.75) is 17.5 Å². The Morgan fingerprint density at radius 3 is 2.64 bits per heavy atom. The second-order valence-corrected chi connectivity index (χ2v) is 4.82. The average molecular weight is 213 g/mol. The number of hydrogen-bond donors (Lipinski definition) is 0. The second kappa shape index (κ2) is 4.29. The van der Waals surface area contributed by atoms with Gasteiger partial charge < -0.3 is 4.55 Å². The lowest BCUT2D eigenvalue weighted by Crippen LogP contribution is -2.29. The van der Waals surface area contributed by atoms with Gasteiger partial charge in [0.15, 0.2) is 4.90 Å². The van der Waals surface area contributed by atoms with Crippen LogP contribution in [-0.2, 0) is 11.4 Å². The van der Waals surface area contributed by atoms with Crippen LogP contribution in [0.1, 0.15) is 6.42 Å². The molecule has 14 heavy (non-hydrogen) atoms. The van der Waals surface area contributed by atoms with Crippen molar-refractivity contribution < 1.29 is 8.94 Å². The Hall–Kier alpha value is -0.580. The van der Waals surface area contributed by atoms with Crippen molar-refractivity contribution in [3.8, 4) is 0 Å². The predicted molar refractivity (Wildman–Crippen MR) is 53.9 cm³/mol. The van der Waals surface area contributed by atoms with Gasteiger partial charge >= 0.3 is 0 Å². The van der Waals surface area contributed by atoms with Gasteiger partial charge in [-0.25, -0.2) is 4.39 Å². The van der Waals surface area contributed by atoms with Crippen LogP contribution in [0.25, 0.3) is 0 Å². The van der Waals surface area contributed by atoms with Gasteiger partial charge in [-0.2, -0.15) is 0 Å². The Balaban J connectivity index is 2.05. The van der Waals surface area contributed by atoms with Crippen LogP contribution in [0.5, 0.6) is 0 Å². The van der Waals surface area contributed by atoms with E-state index >= 15 is 0 Å². The van der Waals surface area contributed by atoms with E-state index in [4.69, 9.17) is 0 Å². The summed E-state index contributed by atoms with van der Waals surface area (Å²) in [6, 6.07) is 9.18. The van der Waals surface area contributed by atoms with Gasteiger partial charge in [-0.05, 0) is 18.6 Å². The summed E-state index contributed by atoms with van der Waals surface area (Å²) >= 11 is -1.19. The summed E-state index contributed by atoms with van der Waals surface area (Å²) in [5.74, 6) is 0. The smallest absolute Gasteiger partial charge is 0.174 e. The minimum absolute atomic E-state index is 0.293. The van der Waals surface area contributed by atoms with Crippen LogP contribution in [-0.4, -0.2) is 28.1 Å². The van der Waals surface area contributed by atoms with Gasteiger partial charge in [0.25, 0.3) is 0 Å². The molecule has 0 N–H and O–H groups in total. The quantitative estimate of drug-likeness (QED) is 0.700. The Morgan fingerprint density at radius 1 is 1.36 bits per heavy atom. The molecule has 0 saturated carbocycles. The zero-order valence-electron chi connectivity index (χ0n) is 7.73. The maximum absolute atomic E-state index is 12.9. The maximum Gasteiger partial charge on any atom is 0.174 e. The Bertz CT molecular complexity index is 295. The van der Waals surface area contributed by atoms with Gasteiger partial charge in [-0.3, -0.25) is 0 Å². The summed E-state index contributed by atoms with van der Waals surface area (Å²) in [4.78, 5) is 0.751. The molecule has 1 aromatic carbocycles. The van der Waals surface area contributed by atoms with Gasteiger partial charge in [0.2, 0.25) is 0 Å². The molecule has 76 valence electrons. The monoisotopic (exact) mass is 213 g/mol. The van der Waals surface area contributed by atoms with Gasteiger partial charge in [0.1, 0.15) is 6.17 Å². The van der Waals surface area contributed by atoms with E-state index in [0.29, 0.717) is 19.5 Å². The minimum Gasteiger partial charge on any atom is -0.593 e. The van der Waals surface area contributed by atoms with Crippen LogP contribution < -0.4 is 0 Å². The van der Waals surface area contributed by atoms with E-state index in [-0.39, 0.29) is 0 Å². The second-order valence-electron chi connectivity index (χ2n) is 3.34. The van der Waals surface area contributed by atoms with E-state index in [1.165, 1.54) is 0 Å². The molecule has 1 aromatic rings. The van der Waals surface area contributed by atoms with Gasteiger partial charge in [-0.15, -0.1) is 4.31 Å². The van der Waals surface area contributed by atoms with Gasteiger partial charge in [-0.1, -0.05) is 18.2 Å². The lowest BCUT2D eigenvalue weighted by molar-refractivity contribution is 0.343. The van der Waals surface area contributed by atoms with Crippen molar-refractivity contribution in [1.82, 2.24) is 4.31 Å². The number of nitrogens with zero attached hydrogens (tertiary/aromatic N) is 1. The molecule has 0 amide bonds. The molecule has 1 heterocycles. The predicted octanol–water partition coefficient (Wildman–Crippen LogP) is 1.75. The molecular formula is C10H12FNOS. The maximum atomic E-state index is 12.9. The van der Waals surface area contributed by atoms with Crippen molar-refractivity contribution in [2.75, 3.05) is 13.1 Å². The first-order chi connectivity index (χ1) is 6.77. The first-order valence-electron chi connectivity index (χ1n) is 4.63. The van der Waals surface area contributed by atoms with Crippen LogP contribution in [0.15, 0.2) is 35.2 Å². The third kappa shape index (κ3) is 2.08. The lowest BCUT2D eigenvalue weighted by atomic mass is 10.4. The summed E-state index contributed by atoms with van der Waals surface area (Å²) in [7, 11) is 0. The summed E-state index contributed by atoms with van der Waals surface area (Å²) < 4.78 is 26.4. The first-order valence-corrected chi connectivity index (χ1v) is 5.74. The molecule has 1 aliphatic heterocycles. The average Bonchev–Trinajstić information content (AvgIpc) is 2.65. The van der Waals surface area contributed by atoms with Crippen LogP contribution in [0.2, 0.25) is 0 Å². The third-order valence-electron chi connectivity index (χ3n) is 2.27.